The van der Waals surface area contributed by atoms with Gasteiger partial charge in [0.15, 0.2) is 17.3 Å². The number of carbonyl (C=O) groups is 2. The van der Waals surface area contributed by atoms with Gasteiger partial charge in [0.2, 0.25) is 0 Å². The SMILES string of the molecule is COc1ccc([C@H]2CCCN2C(=O)c2cc(C(C)=O)c[nH]2)cc1OC. The van der Waals surface area contributed by atoms with Crippen molar-refractivity contribution in [1.29, 1.82) is 0 Å². The van der Waals surface area contributed by atoms with Gasteiger partial charge in [-0.05, 0) is 43.5 Å². The number of carbonyl (C=O) groups excluding carboxylic acids is 2. The van der Waals surface area contributed by atoms with E-state index in [1.54, 1.807) is 26.5 Å². The average molecular weight is 342 g/mol. The molecule has 0 bridgehead atoms. The number of ether oxygens (including phenoxy) is 2. The molecule has 0 spiro atoms. The summed E-state index contributed by atoms with van der Waals surface area (Å²) in [6.07, 6.45) is 3.41. The highest BCUT2D eigenvalue weighted by atomic mass is 16.5. The normalized spacial score (nSPS) is 16.8. The summed E-state index contributed by atoms with van der Waals surface area (Å²) < 4.78 is 10.7. The van der Waals surface area contributed by atoms with Crippen molar-refractivity contribution in [3.05, 3.63) is 47.3 Å². The highest BCUT2D eigenvalue weighted by Gasteiger charge is 2.32. The van der Waals surface area contributed by atoms with Crippen molar-refractivity contribution in [2.24, 2.45) is 0 Å². The Hall–Kier alpha value is -2.76. The minimum Gasteiger partial charge on any atom is -0.493 e. The van der Waals surface area contributed by atoms with Crippen LogP contribution in [0.25, 0.3) is 0 Å². The van der Waals surface area contributed by atoms with Crippen LogP contribution in [0.1, 0.15) is 52.2 Å². The van der Waals surface area contributed by atoms with Gasteiger partial charge in [-0.3, -0.25) is 9.59 Å². The standard InChI is InChI=1S/C19H22N2O4/c1-12(22)14-9-15(20-11-14)19(23)21-8-4-5-16(21)13-6-7-17(24-2)18(10-13)25-3/h6-7,9-11,16,20H,4-5,8H2,1-3H3/t16-/m1/s1. The maximum Gasteiger partial charge on any atom is 0.270 e. The van der Waals surface area contributed by atoms with Crippen molar-refractivity contribution in [3.8, 4) is 11.5 Å². The van der Waals surface area contributed by atoms with Gasteiger partial charge in [-0.2, -0.15) is 0 Å². The maximum absolute atomic E-state index is 12.9. The zero-order valence-electron chi connectivity index (χ0n) is 14.7. The van der Waals surface area contributed by atoms with Crippen LogP contribution in [-0.4, -0.2) is 42.3 Å². The van der Waals surface area contributed by atoms with Crippen LogP contribution >= 0.6 is 0 Å². The number of aromatic amines is 1. The van der Waals surface area contributed by atoms with Crippen molar-refractivity contribution in [3.63, 3.8) is 0 Å². The van der Waals surface area contributed by atoms with E-state index in [0.717, 1.165) is 18.4 Å². The fourth-order valence-corrected chi connectivity index (χ4v) is 3.29. The molecular weight excluding hydrogens is 320 g/mol. The summed E-state index contributed by atoms with van der Waals surface area (Å²) in [5, 5.41) is 0. The summed E-state index contributed by atoms with van der Waals surface area (Å²) in [7, 11) is 3.20. The number of rotatable bonds is 5. The van der Waals surface area contributed by atoms with Gasteiger partial charge in [-0.25, -0.2) is 0 Å². The number of methoxy groups -OCH3 is 2. The van der Waals surface area contributed by atoms with Gasteiger partial charge >= 0.3 is 0 Å². The smallest absolute Gasteiger partial charge is 0.270 e. The minimum atomic E-state index is -0.0928. The molecule has 1 atom stereocenters. The van der Waals surface area contributed by atoms with Crippen molar-refractivity contribution in [2.45, 2.75) is 25.8 Å². The first-order valence-electron chi connectivity index (χ1n) is 8.27. The predicted octanol–water partition coefficient (Wildman–Crippen LogP) is 3.21. The molecule has 6 nitrogen and oxygen atoms in total. The van der Waals surface area contributed by atoms with E-state index in [4.69, 9.17) is 9.47 Å². The molecule has 1 aliphatic rings. The molecule has 6 heteroatoms. The number of benzene rings is 1. The third-order valence-electron chi connectivity index (χ3n) is 4.63. The summed E-state index contributed by atoms with van der Waals surface area (Å²) >= 11 is 0. The Bertz CT molecular complexity index is 796. The number of aromatic nitrogens is 1. The Morgan fingerprint density at radius 3 is 2.56 bits per heavy atom. The van der Waals surface area contributed by atoms with Crippen molar-refractivity contribution < 1.29 is 19.1 Å². The first-order chi connectivity index (χ1) is 12.0. The first-order valence-corrected chi connectivity index (χ1v) is 8.27. The molecule has 0 saturated carbocycles. The molecular formula is C19H22N2O4. The van der Waals surface area contributed by atoms with E-state index in [0.29, 0.717) is 29.3 Å². The summed E-state index contributed by atoms with van der Waals surface area (Å²) in [4.78, 5) is 29.1. The van der Waals surface area contributed by atoms with Crippen LogP contribution in [0.4, 0.5) is 0 Å². The highest BCUT2D eigenvalue weighted by Crippen LogP contribution is 2.37. The molecule has 1 fully saturated rings. The molecule has 2 heterocycles. The Kier molecular flexibility index (Phi) is 4.79. The lowest BCUT2D eigenvalue weighted by Gasteiger charge is -2.25. The zero-order valence-corrected chi connectivity index (χ0v) is 14.7. The van der Waals surface area contributed by atoms with E-state index >= 15 is 0 Å². The molecule has 1 aromatic heterocycles. The number of H-pyrrole nitrogens is 1. The van der Waals surface area contributed by atoms with Crippen molar-refractivity contribution in [2.75, 3.05) is 20.8 Å². The Morgan fingerprint density at radius 1 is 1.16 bits per heavy atom. The lowest BCUT2D eigenvalue weighted by atomic mass is 10.0. The van der Waals surface area contributed by atoms with Crippen LogP contribution in [0.5, 0.6) is 11.5 Å². The molecule has 3 rings (SSSR count). The predicted molar refractivity (Wildman–Crippen MR) is 93.4 cm³/mol. The molecule has 0 radical (unpaired) electrons. The van der Waals surface area contributed by atoms with Gasteiger partial charge in [0, 0.05) is 18.3 Å². The van der Waals surface area contributed by atoms with Gasteiger partial charge in [0.25, 0.3) is 5.91 Å². The van der Waals surface area contributed by atoms with Crippen LogP contribution in [0.15, 0.2) is 30.5 Å². The van der Waals surface area contributed by atoms with Crippen LogP contribution in [0.2, 0.25) is 0 Å². The number of ketones is 1. The van der Waals surface area contributed by atoms with Crippen LogP contribution in [-0.2, 0) is 0 Å². The number of amides is 1. The average Bonchev–Trinajstić information content (AvgIpc) is 3.30. The lowest BCUT2D eigenvalue weighted by molar-refractivity contribution is 0.0730. The van der Waals surface area contributed by atoms with E-state index in [9.17, 15) is 9.59 Å². The summed E-state index contributed by atoms with van der Waals surface area (Å²) in [6, 6.07) is 7.35. The molecule has 1 N–H and O–H groups in total. The molecule has 0 aliphatic carbocycles. The maximum atomic E-state index is 12.9. The van der Waals surface area contributed by atoms with E-state index in [1.165, 1.54) is 6.92 Å². The number of hydrogen-bond acceptors (Lipinski definition) is 4. The molecule has 1 saturated heterocycles. The molecule has 25 heavy (non-hydrogen) atoms. The Labute approximate surface area is 146 Å². The van der Waals surface area contributed by atoms with Crippen LogP contribution in [0, 0.1) is 0 Å². The fourth-order valence-electron chi connectivity index (χ4n) is 3.29. The Morgan fingerprint density at radius 2 is 1.92 bits per heavy atom. The summed E-state index contributed by atoms with van der Waals surface area (Å²) in [5.74, 6) is 1.16. The molecule has 132 valence electrons. The monoisotopic (exact) mass is 342 g/mol. The molecule has 1 aromatic carbocycles. The number of Topliss-reactive ketones (excluding diaryl/α,β-unsaturated/α-hetero) is 1. The topological polar surface area (TPSA) is 71.6 Å². The molecule has 0 unspecified atom stereocenters. The summed E-state index contributed by atoms with van der Waals surface area (Å²) in [6.45, 7) is 2.17. The van der Waals surface area contributed by atoms with Gasteiger partial charge < -0.3 is 19.4 Å². The molecule has 2 aromatic rings. The van der Waals surface area contributed by atoms with Gasteiger partial charge in [0.05, 0.1) is 20.3 Å². The summed E-state index contributed by atoms with van der Waals surface area (Å²) in [5.41, 5.74) is 1.98. The lowest BCUT2D eigenvalue weighted by Crippen LogP contribution is -2.30. The van der Waals surface area contributed by atoms with E-state index in [2.05, 4.69) is 4.98 Å². The number of hydrogen-bond donors (Lipinski definition) is 1. The van der Waals surface area contributed by atoms with E-state index < -0.39 is 0 Å². The second-order valence-electron chi connectivity index (χ2n) is 6.13. The third kappa shape index (κ3) is 3.24. The van der Waals surface area contributed by atoms with Gasteiger partial charge in [-0.15, -0.1) is 0 Å². The first kappa shape index (κ1) is 17.1. The minimum absolute atomic E-state index is 0.0172. The molecule has 1 aliphatic heterocycles. The second kappa shape index (κ2) is 7.01. The van der Waals surface area contributed by atoms with E-state index in [-0.39, 0.29) is 17.7 Å². The third-order valence-corrected chi connectivity index (χ3v) is 4.63. The van der Waals surface area contributed by atoms with Crippen LogP contribution < -0.4 is 9.47 Å². The largest absolute Gasteiger partial charge is 0.493 e. The zero-order chi connectivity index (χ0) is 18.0. The van der Waals surface area contributed by atoms with Gasteiger partial charge in [0.1, 0.15) is 5.69 Å². The van der Waals surface area contributed by atoms with E-state index in [1.807, 2.05) is 23.1 Å². The number of nitrogens with one attached hydrogen (secondary N) is 1. The van der Waals surface area contributed by atoms with Crippen LogP contribution in [0.3, 0.4) is 0 Å². The number of likely N-dealkylation sites (tertiary alicyclic amines) is 1. The van der Waals surface area contributed by atoms with Crippen molar-refractivity contribution >= 4 is 11.7 Å². The Balaban J connectivity index is 1.87. The number of nitrogens with zero attached hydrogens (tertiary/aromatic N) is 1. The van der Waals surface area contributed by atoms with Gasteiger partial charge in [-0.1, -0.05) is 6.07 Å². The second-order valence-corrected chi connectivity index (χ2v) is 6.13. The fraction of sp³-hybridized carbons (Fsp3) is 0.368. The molecule has 1 amide bonds. The quantitative estimate of drug-likeness (QED) is 0.847. The van der Waals surface area contributed by atoms with Crippen molar-refractivity contribution in [1.82, 2.24) is 9.88 Å². The highest BCUT2D eigenvalue weighted by molar-refractivity contribution is 5.99.